The van der Waals surface area contributed by atoms with Crippen molar-refractivity contribution in [1.29, 1.82) is 0 Å². The molecule has 0 aromatic heterocycles. The average molecular weight is 355 g/mol. The molecular formula is C21H29N3O2. The molecule has 2 amide bonds. The van der Waals surface area contributed by atoms with Crippen LogP contribution in [-0.4, -0.2) is 59.4 Å². The molecule has 0 N–H and O–H groups in total. The molecule has 5 heteroatoms. The van der Waals surface area contributed by atoms with Gasteiger partial charge in [-0.2, -0.15) is 0 Å². The highest BCUT2D eigenvalue weighted by Crippen LogP contribution is 2.38. The molecule has 1 aromatic rings. The SMILES string of the molecule is Cc1ccccc1CN1CCN(CN2C(=O)C3CCCCC3C2=O)CC1. The minimum atomic E-state index is -0.0291. The Bertz CT molecular complexity index is 658. The van der Waals surface area contributed by atoms with Gasteiger partial charge in [0.25, 0.3) is 0 Å². The van der Waals surface area contributed by atoms with Crippen LogP contribution in [0.15, 0.2) is 24.3 Å². The number of imide groups is 1. The molecule has 1 aliphatic carbocycles. The lowest BCUT2D eigenvalue weighted by atomic mass is 9.81. The second-order valence-electron chi connectivity index (χ2n) is 8.06. The van der Waals surface area contributed by atoms with E-state index in [0.717, 1.165) is 58.4 Å². The lowest BCUT2D eigenvalue weighted by molar-refractivity contribution is -0.142. The maximum absolute atomic E-state index is 12.6. The number of rotatable bonds is 4. The van der Waals surface area contributed by atoms with Crippen LogP contribution in [0.1, 0.15) is 36.8 Å². The topological polar surface area (TPSA) is 43.9 Å². The molecule has 2 unspecified atom stereocenters. The lowest BCUT2D eigenvalue weighted by Gasteiger charge is -2.36. The molecule has 2 saturated heterocycles. The molecule has 1 saturated carbocycles. The van der Waals surface area contributed by atoms with Crippen molar-refractivity contribution in [3.05, 3.63) is 35.4 Å². The number of amides is 2. The minimum Gasteiger partial charge on any atom is -0.297 e. The van der Waals surface area contributed by atoms with E-state index in [2.05, 4.69) is 41.0 Å². The fraction of sp³-hybridized carbons (Fsp3) is 0.619. The standard InChI is InChI=1S/C21H29N3O2/c1-16-6-2-3-7-17(16)14-22-10-12-23(13-11-22)15-24-20(25)18-8-4-5-9-19(18)21(24)26/h2-3,6-7,18-19H,4-5,8-15H2,1H3. The van der Waals surface area contributed by atoms with E-state index in [1.807, 2.05) is 0 Å². The van der Waals surface area contributed by atoms with E-state index in [4.69, 9.17) is 0 Å². The first-order valence-electron chi connectivity index (χ1n) is 9.98. The van der Waals surface area contributed by atoms with Crippen molar-refractivity contribution in [3.8, 4) is 0 Å². The Hall–Kier alpha value is -1.72. The number of piperazine rings is 1. The number of aryl methyl sites for hydroxylation is 1. The zero-order valence-corrected chi connectivity index (χ0v) is 15.7. The summed E-state index contributed by atoms with van der Waals surface area (Å²) in [5, 5.41) is 0. The van der Waals surface area contributed by atoms with Gasteiger partial charge in [0.05, 0.1) is 18.5 Å². The Morgan fingerprint density at radius 3 is 2.08 bits per heavy atom. The third-order valence-corrected chi connectivity index (χ3v) is 6.39. The van der Waals surface area contributed by atoms with Gasteiger partial charge in [-0.15, -0.1) is 0 Å². The van der Waals surface area contributed by atoms with Crippen LogP contribution in [0.5, 0.6) is 0 Å². The van der Waals surface area contributed by atoms with Gasteiger partial charge in [0.1, 0.15) is 0 Å². The molecule has 0 spiro atoms. The van der Waals surface area contributed by atoms with Crippen molar-refractivity contribution < 1.29 is 9.59 Å². The first-order chi connectivity index (χ1) is 12.6. The van der Waals surface area contributed by atoms with Crippen molar-refractivity contribution in [1.82, 2.24) is 14.7 Å². The Morgan fingerprint density at radius 2 is 1.46 bits per heavy atom. The van der Waals surface area contributed by atoms with Crippen LogP contribution in [0.2, 0.25) is 0 Å². The van der Waals surface area contributed by atoms with Gasteiger partial charge in [0.2, 0.25) is 11.8 Å². The zero-order chi connectivity index (χ0) is 18.1. The number of hydrogen-bond acceptors (Lipinski definition) is 4. The van der Waals surface area contributed by atoms with E-state index >= 15 is 0 Å². The van der Waals surface area contributed by atoms with Crippen LogP contribution in [0.3, 0.4) is 0 Å². The minimum absolute atomic E-state index is 0.0291. The quantitative estimate of drug-likeness (QED) is 0.777. The molecule has 2 atom stereocenters. The number of nitrogens with zero attached hydrogens (tertiary/aromatic N) is 3. The van der Waals surface area contributed by atoms with Gasteiger partial charge in [-0.3, -0.25) is 24.3 Å². The summed E-state index contributed by atoms with van der Waals surface area (Å²) in [5.41, 5.74) is 2.72. The number of carbonyl (C=O) groups excluding carboxylic acids is 2. The highest BCUT2D eigenvalue weighted by atomic mass is 16.2. The van der Waals surface area contributed by atoms with Gasteiger partial charge in [-0.05, 0) is 30.9 Å². The van der Waals surface area contributed by atoms with E-state index in [1.54, 1.807) is 4.90 Å². The first kappa shape index (κ1) is 17.7. The predicted octanol–water partition coefficient (Wildman–Crippen LogP) is 2.25. The van der Waals surface area contributed by atoms with Crippen molar-refractivity contribution in [2.75, 3.05) is 32.8 Å². The van der Waals surface area contributed by atoms with Crippen molar-refractivity contribution in [2.24, 2.45) is 11.8 Å². The monoisotopic (exact) mass is 355 g/mol. The fourth-order valence-electron chi connectivity index (χ4n) is 4.69. The van der Waals surface area contributed by atoms with Crippen molar-refractivity contribution in [2.45, 2.75) is 39.2 Å². The summed E-state index contributed by atoms with van der Waals surface area (Å²) < 4.78 is 0. The van der Waals surface area contributed by atoms with Crippen LogP contribution in [0, 0.1) is 18.8 Å². The molecular weight excluding hydrogens is 326 g/mol. The summed E-state index contributed by atoms with van der Waals surface area (Å²) in [6, 6.07) is 8.54. The molecule has 3 aliphatic rings. The number of likely N-dealkylation sites (tertiary alicyclic amines) is 1. The summed E-state index contributed by atoms with van der Waals surface area (Å²) in [7, 11) is 0. The van der Waals surface area contributed by atoms with Gasteiger partial charge >= 0.3 is 0 Å². The molecule has 0 bridgehead atoms. The summed E-state index contributed by atoms with van der Waals surface area (Å²) >= 11 is 0. The Kier molecular flexibility index (Phi) is 5.09. The molecule has 1 aromatic carbocycles. The number of carbonyl (C=O) groups is 2. The smallest absolute Gasteiger partial charge is 0.234 e. The molecule has 0 radical (unpaired) electrons. The molecule has 26 heavy (non-hydrogen) atoms. The number of benzene rings is 1. The Morgan fingerprint density at radius 1 is 0.885 bits per heavy atom. The second-order valence-corrected chi connectivity index (χ2v) is 8.06. The van der Waals surface area contributed by atoms with Crippen LogP contribution < -0.4 is 0 Å². The number of hydrogen-bond donors (Lipinski definition) is 0. The van der Waals surface area contributed by atoms with Gasteiger partial charge in [0, 0.05) is 32.7 Å². The highest BCUT2D eigenvalue weighted by Gasteiger charge is 2.48. The lowest BCUT2D eigenvalue weighted by Crippen LogP contribution is -2.51. The van der Waals surface area contributed by atoms with E-state index in [0.29, 0.717) is 6.67 Å². The first-order valence-corrected chi connectivity index (χ1v) is 9.98. The molecule has 4 rings (SSSR count). The highest BCUT2D eigenvalue weighted by molar-refractivity contribution is 6.05. The van der Waals surface area contributed by atoms with E-state index < -0.39 is 0 Å². The normalized spacial score (nSPS) is 27.8. The van der Waals surface area contributed by atoms with E-state index in [-0.39, 0.29) is 23.7 Å². The van der Waals surface area contributed by atoms with Crippen molar-refractivity contribution >= 4 is 11.8 Å². The summed E-state index contributed by atoms with van der Waals surface area (Å²) in [6.45, 7) is 7.43. The van der Waals surface area contributed by atoms with Crippen molar-refractivity contribution in [3.63, 3.8) is 0 Å². The molecule has 140 valence electrons. The third-order valence-electron chi connectivity index (χ3n) is 6.39. The molecule has 3 fully saturated rings. The molecule has 2 aliphatic heterocycles. The Labute approximate surface area is 155 Å². The van der Waals surface area contributed by atoms with Crippen LogP contribution in [0.25, 0.3) is 0 Å². The van der Waals surface area contributed by atoms with Gasteiger partial charge in [-0.1, -0.05) is 37.1 Å². The maximum Gasteiger partial charge on any atom is 0.234 e. The zero-order valence-electron chi connectivity index (χ0n) is 15.7. The van der Waals surface area contributed by atoms with Crippen LogP contribution >= 0.6 is 0 Å². The Balaban J connectivity index is 1.31. The van der Waals surface area contributed by atoms with E-state index in [1.165, 1.54) is 11.1 Å². The summed E-state index contributed by atoms with van der Waals surface area (Å²) in [6.07, 6.45) is 3.98. The molecule has 5 nitrogen and oxygen atoms in total. The van der Waals surface area contributed by atoms with Gasteiger partial charge in [-0.25, -0.2) is 0 Å². The molecule has 2 heterocycles. The largest absolute Gasteiger partial charge is 0.297 e. The van der Waals surface area contributed by atoms with Gasteiger partial charge in [0.15, 0.2) is 0 Å². The summed E-state index contributed by atoms with van der Waals surface area (Å²) in [5.74, 6) is 0.112. The maximum atomic E-state index is 12.6. The fourth-order valence-corrected chi connectivity index (χ4v) is 4.69. The summed E-state index contributed by atoms with van der Waals surface area (Å²) in [4.78, 5) is 31.6. The van der Waals surface area contributed by atoms with Crippen LogP contribution in [-0.2, 0) is 16.1 Å². The third kappa shape index (κ3) is 3.42. The average Bonchev–Trinajstić information content (AvgIpc) is 2.90. The van der Waals surface area contributed by atoms with Gasteiger partial charge < -0.3 is 0 Å². The predicted molar refractivity (Wildman–Crippen MR) is 100 cm³/mol. The number of fused-ring (bicyclic) bond motifs is 1. The van der Waals surface area contributed by atoms with E-state index in [9.17, 15) is 9.59 Å². The second kappa shape index (κ2) is 7.49. The van der Waals surface area contributed by atoms with Crippen LogP contribution in [0.4, 0.5) is 0 Å².